The third kappa shape index (κ3) is 3.51. The van der Waals surface area contributed by atoms with Gasteiger partial charge in [-0.3, -0.25) is 4.90 Å². The molecule has 0 aromatic rings. The number of aldehydes is 1. The minimum atomic E-state index is -0.509. The van der Waals surface area contributed by atoms with Gasteiger partial charge < -0.3 is 9.53 Å². The molecule has 1 atom stereocenters. The van der Waals surface area contributed by atoms with Crippen LogP contribution in [0.1, 0.15) is 47.0 Å². The number of hydrogen-bond acceptors (Lipinski definition) is 3. The van der Waals surface area contributed by atoms with Crippen LogP contribution >= 0.6 is 0 Å². The molecule has 1 saturated carbocycles. The van der Waals surface area contributed by atoms with E-state index in [0.717, 1.165) is 19.1 Å². The highest BCUT2D eigenvalue weighted by Gasteiger charge is 2.38. The van der Waals surface area contributed by atoms with Crippen molar-refractivity contribution in [2.24, 2.45) is 0 Å². The lowest BCUT2D eigenvalue weighted by Gasteiger charge is -2.30. The Morgan fingerprint density at radius 3 is 2.38 bits per heavy atom. The fourth-order valence-electron chi connectivity index (χ4n) is 1.58. The molecule has 4 heteroatoms. The summed E-state index contributed by atoms with van der Waals surface area (Å²) in [7, 11) is 0. The molecule has 1 unspecified atom stereocenters. The molecular weight excluding hydrogens is 206 g/mol. The normalized spacial score (nSPS) is 17.8. The van der Waals surface area contributed by atoms with Crippen molar-refractivity contribution in [2.75, 3.05) is 0 Å². The molecule has 0 aromatic carbocycles. The predicted octanol–water partition coefficient (Wildman–Crippen LogP) is 2.36. The molecule has 1 aliphatic rings. The van der Waals surface area contributed by atoms with Crippen LogP contribution in [0.3, 0.4) is 0 Å². The maximum Gasteiger partial charge on any atom is 0.411 e. The fraction of sp³-hybridized carbons (Fsp3) is 0.833. The highest BCUT2D eigenvalue weighted by Crippen LogP contribution is 2.30. The summed E-state index contributed by atoms with van der Waals surface area (Å²) in [5.41, 5.74) is -0.509. The first-order valence-electron chi connectivity index (χ1n) is 5.85. The van der Waals surface area contributed by atoms with Gasteiger partial charge in [-0.1, -0.05) is 6.92 Å². The SMILES string of the molecule is CCC(C=O)N(C(=O)OC(C)(C)C)C1CC1. The van der Waals surface area contributed by atoms with Gasteiger partial charge in [0.05, 0.1) is 6.04 Å². The summed E-state index contributed by atoms with van der Waals surface area (Å²) >= 11 is 0. The zero-order valence-electron chi connectivity index (χ0n) is 10.5. The second kappa shape index (κ2) is 4.85. The molecule has 0 bridgehead atoms. The average molecular weight is 227 g/mol. The Morgan fingerprint density at radius 2 is 2.06 bits per heavy atom. The second-order valence-electron chi connectivity index (χ2n) is 5.23. The predicted molar refractivity (Wildman–Crippen MR) is 61.2 cm³/mol. The van der Waals surface area contributed by atoms with Crippen LogP contribution in [0.15, 0.2) is 0 Å². The molecule has 16 heavy (non-hydrogen) atoms. The highest BCUT2D eigenvalue weighted by atomic mass is 16.6. The number of ether oxygens (including phenoxy) is 1. The standard InChI is InChI=1S/C12H21NO3/c1-5-9(8-14)13(10-6-7-10)11(15)16-12(2,3)4/h8-10H,5-7H2,1-4H3. The van der Waals surface area contributed by atoms with Crippen LogP contribution in [0.5, 0.6) is 0 Å². The topological polar surface area (TPSA) is 46.6 Å². The molecule has 0 spiro atoms. The van der Waals surface area contributed by atoms with Crippen LogP contribution in [0, 0.1) is 0 Å². The van der Waals surface area contributed by atoms with E-state index in [2.05, 4.69) is 0 Å². The highest BCUT2D eigenvalue weighted by molar-refractivity contribution is 5.74. The molecule has 1 amide bonds. The van der Waals surface area contributed by atoms with Crippen molar-refractivity contribution in [3.8, 4) is 0 Å². The Bertz CT molecular complexity index is 266. The first-order chi connectivity index (χ1) is 7.39. The minimum absolute atomic E-state index is 0.199. The third-order valence-electron chi connectivity index (χ3n) is 2.48. The molecule has 0 aromatic heterocycles. The Labute approximate surface area is 96.9 Å². The summed E-state index contributed by atoms with van der Waals surface area (Å²) in [5, 5.41) is 0. The van der Waals surface area contributed by atoms with E-state index in [1.54, 1.807) is 4.90 Å². The second-order valence-corrected chi connectivity index (χ2v) is 5.23. The summed E-state index contributed by atoms with van der Waals surface area (Å²) in [6.45, 7) is 7.40. The van der Waals surface area contributed by atoms with Crippen molar-refractivity contribution in [3.63, 3.8) is 0 Å². The van der Waals surface area contributed by atoms with E-state index in [1.807, 2.05) is 27.7 Å². The van der Waals surface area contributed by atoms with Gasteiger partial charge >= 0.3 is 6.09 Å². The van der Waals surface area contributed by atoms with Crippen molar-refractivity contribution >= 4 is 12.4 Å². The van der Waals surface area contributed by atoms with Crippen molar-refractivity contribution in [1.82, 2.24) is 4.90 Å². The van der Waals surface area contributed by atoms with Crippen molar-refractivity contribution in [3.05, 3.63) is 0 Å². The van der Waals surface area contributed by atoms with Crippen molar-refractivity contribution < 1.29 is 14.3 Å². The number of carbonyl (C=O) groups is 2. The lowest BCUT2D eigenvalue weighted by Crippen LogP contribution is -2.45. The van der Waals surface area contributed by atoms with Gasteiger partial charge in [0, 0.05) is 6.04 Å². The van der Waals surface area contributed by atoms with Gasteiger partial charge in [0.1, 0.15) is 11.9 Å². The summed E-state index contributed by atoms with van der Waals surface area (Å²) in [5.74, 6) is 0. The van der Waals surface area contributed by atoms with Gasteiger partial charge in [0.15, 0.2) is 0 Å². The van der Waals surface area contributed by atoms with Crippen LogP contribution in [-0.2, 0) is 9.53 Å². The maximum absolute atomic E-state index is 11.9. The van der Waals surface area contributed by atoms with Crippen molar-refractivity contribution in [1.29, 1.82) is 0 Å². The molecule has 92 valence electrons. The largest absolute Gasteiger partial charge is 0.444 e. The Kier molecular flexibility index (Phi) is 3.94. The maximum atomic E-state index is 11.9. The molecule has 0 radical (unpaired) electrons. The van der Waals surface area contributed by atoms with Crippen LogP contribution in [0.2, 0.25) is 0 Å². The van der Waals surface area contributed by atoms with E-state index < -0.39 is 5.60 Å². The summed E-state index contributed by atoms with van der Waals surface area (Å²) in [6, 6.07) is -0.146. The molecule has 0 N–H and O–H groups in total. The number of carbonyl (C=O) groups excluding carboxylic acids is 2. The molecule has 0 heterocycles. The molecule has 4 nitrogen and oxygen atoms in total. The van der Waals surface area contributed by atoms with E-state index in [1.165, 1.54) is 0 Å². The Morgan fingerprint density at radius 1 is 1.50 bits per heavy atom. The van der Waals surface area contributed by atoms with E-state index >= 15 is 0 Å². The first-order valence-corrected chi connectivity index (χ1v) is 5.85. The third-order valence-corrected chi connectivity index (χ3v) is 2.48. The summed E-state index contributed by atoms with van der Waals surface area (Å²) < 4.78 is 5.31. The molecule has 1 rings (SSSR count). The van der Waals surface area contributed by atoms with E-state index in [4.69, 9.17) is 4.74 Å². The smallest absolute Gasteiger partial charge is 0.411 e. The zero-order valence-corrected chi connectivity index (χ0v) is 10.5. The van der Waals surface area contributed by atoms with Crippen molar-refractivity contribution in [2.45, 2.75) is 64.6 Å². The molecule has 0 saturated heterocycles. The van der Waals surface area contributed by atoms with Gasteiger partial charge in [-0.15, -0.1) is 0 Å². The molecule has 0 aliphatic heterocycles. The molecule has 1 fully saturated rings. The van der Waals surface area contributed by atoms with Gasteiger partial charge in [-0.2, -0.15) is 0 Å². The quantitative estimate of drug-likeness (QED) is 0.693. The first kappa shape index (κ1) is 13.0. The number of rotatable bonds is 4. The van der Waals surface area contributed by atoms with Gasteiger partial charge in [-0.05, 0) is 40.0 Å². The minimum Gasteiger partial charge on any atom is -0.444 e. The van der Waals surface area contributed by atoms with Gasteiger partial charge in [0.25, 0.3) is 0 Å². The van der Waals surface area contributed by atoms with Crippen LogP contribution in [0.4, 0.5) is 4.79 Å². The zero-order chi connectivity index (χ0) is 12.3. The lowest BCUT2D eigenvalue weighted by molar-refractivity contribution is -0.112. The average Bonchev–Trinajstić information content (AvgIpc) is 2.94. The van der Waals surface area contributed by atoms with Crippen LogP contribution in [-0.4, -0.2) is 35.0 Å². The number of hydrogen-bond donors (Lipinski definition) is 0. The molecule has 1 aliphatic carbocycles. The Balaban J connectivity index is 2.69. The lowest BCUT2D eigenvalue weighted by atomic mass is 10.2. The van der Waals surface area contributed by atoms with E-state index in [9.17, 15) is 9.59 Å². The van der Waals surface area contributed by atoms with E-state index in [0.29, 0.717) is 6.42 Å². The van der Waals surface area contributed by atoms with Gasteiger partial charge in [0.2, 0.25) is 0 Å². The monoisotopic (exact) mass is 227 g/mol. The number of nitrogens with zero attached hydrogens (tertiary/aromatic N) is 1. The number of amides is 1. The van der Waals surface area contributed by atoms with Crippen LogP contribution in [0.25, 0.3) is 0 Å². The summed E-state index contributed by atoms with van der Waals surface area (Å²) in [6.07, 6.45) is 3.06. The summed E-state index contributed by atoms with van der Waals surface area (Å²) in [4.78, 5) is 24.5. The molecular formula is C12H21NO3. The fourth-order valence-corrected chi connectivity index (χ4v) is 1.58. The van der Waals surface area contributed by atoms with Crippen LogP contribution < -0.4 is 0 Å². The Hall–Kier alpha value is -1.06. The van der Waals surface area contributed by atoms with E-state index in [-0.39, 0.29) is 18.2 Å². The van der Waals surface area contributed by atoms with Gasteiger partial charge in [-0.25, -0.2) is 4.79 Å².